The normalized spacial score (nSPS) is 13.2. The number of methoxy groups -OCH3 is 1. The molecule has 0 aliphatic heterocycles. The molecule has 0 bridgehead atoms. The highest BCUT2D eigenvalue weighted by atomic mass is 35.5. The number of hydrogen-bond acceptors (Lipinski definition) is 5. The van der Waals surface area contributed by atoms with E-state index in [0.29, 0.717) is 34.5 Å². The fourth-order valence-electron chi connectivity index (χ4n) is 2.82. The van der Waals surface area contributed by atoms with Crippen LogP contribution < -0.4 is 10.1 Å². The van der Waals surface area contributed by atoms with E-state index in [1.54, 1.807) is 19.2 Å². The summed E-state index contributed by atoms with van der Waals surface area (Å²) in [6.45, 7) is 0.459. The zero-order chi connectivity index (χ0) is 19.5. The van der Waals surface area contributed by atoms with Gasteiger partial charge in [0.2, 0.25) is 11.8 Å². The van der Waals surface area contributed by atoms with Crippen LogP contribution in [0.25, 0.3) is 11.5 Å². The van der Waals surface area contributed by atoms with E-state index in [4.69, 9.17) is 33.0 Å². The van der Waals surface area contributed by atoms with E-state index in [9.17, 15) is 0 Å². The van der Waals surface area contributed by atoms with Crippen LogP contribution in [0.15, 0.2) is 52.9 Å². The minimum absolute atomic E-state index is 0.386. The van der Waals surface area contributed by atoms with Crippen molar-refractivity contribution in [3.05, 3.63) is 59.4 Å². The van der Waals surface area contributed by atoms with Crippen molar-refractivity contribution in [3.8, 4) is 17.2 Å². The summed E-state index contributed by atoms with van der Waals surface area (Å²) in [5, 5.41) is 12.9. The molecule has 1 fully saturated rings. The number of thiocarbonyl (C=S) groups is 1. The Labute approximate surface area is 173 Å². The Morgan fingerprint density at radius 1 is 1.25 bits per heavy atom. The van der Waals surface area contributed by atoms with Gasteiger partial charge in [-0.3, -0.25) is 0 Å². The molecule has 0 amide bonds. The average Bonchev–Trinajstić information content (AvgIpc) is 3.44. The van der Waals surface area contributed by atoms with Crippen LogP contribution in [0.3, 0.4) is 0 Å². The number of aromatic nitrogens is 2. The molecule has 0 atom stereocenters. The lowest BCUT2D eigenvalue weighted by Crippen LogP contribution is -2.36. The van der Waals surface area contributed by atoms with Crippen molar-refractivity contribution in [1.82, 2.24) is 15.1 Å². The third-order valence-electron chi connectivity index (χ3n) is 4.43. The van der Waals surface area contributed by atoms with Gasteiger partial charge in [-0.25, -0.2) is 0 Å². The van der Waals surface area contributed by atoms with Gasteiger partial charge in [0.15, 0.2) is 5.11 Å². The van der Waals surface area contributed by atoms with Gasteiger partial charge in [0, 0.05) is 28.4 Å². The second kappa shape index (κ2) is 8.16. The molecule has 0 radical (unpaired) electrons. The number of nitrogens with one attached hydrogen (secondary N) is 1. The number of halogens is 1. The van der Waals surface area contributed by atoms with E-state index < -0.39 is 0 Å². The van der Waals surface area contributed by atoms with Crippen molar-refractivity contribution in [2.45, 2.75) is 25.4 Å². The van der Waals surface area contributed by atoms with Gasteiger partial charge in [-0.05, 0) is 61.5 Å². The van der Waals surface area contributed by atoms with Crippen LogP contribution in [0, 0.1) is 0 Å². The van der Waals surface area contributed by atoms with Gasteiger partial charge in [-0.15, -0.1) is 10.2 Å². The smallest absolute Gasteiger partial charge is 0.247 e. The summed E-state index contributed by atoms with van der Waals surface area (Å²) in [6, 6.07) is 15.4. The van der Waals surface area contributed by atoms with Crippen LogP contribution in [0.4, 0.5) is 5.69 Å². The van der Waals surface area contributed by atoms with Gasteiger partial charge >= 0.3 is 0 Å². The number of benzene rings is 2. The largest absolute Gasteiger partial charge is 0.497 e. The van der Waals surface area contributed by atoms with E-state index in [2.05, 4.69) is 20.4 Å². The van der Waals surface area contributed by atoms with Crippen LogP contribution >= 0.6 is 23.8 Å². The molecule has 4 rings (SSSR count). The lowest BCUT2D eigenvalue weighted by molar-refractivity contribution is 0.351. The highest BCUT2D eigenvalue weighted by Gasteiger charge is 2.32. The quantitative estimate of drug-likeness (QED) is 0.583. The number of anilines is 1. The SMILES string of the molecule is COc1cccc(NC(=S)N(Cc2nnc(-c3ccc(Cl)cc3)o2)C2CC2)c1. The van der Waals surface area contributed by atoms with E-state index in [1.165, 1.54) is 0 Å². The molecule has 1 heterocycles. The monoisotopic (exact) mass is 414 g/mol. The maximum atomic E-state index is 5.93. The molecule has 28 heavy (non-hydrogen) atoms. The summed E-state index contributed by atoms with van der Waals surface area (Å²) in [4.78, 5) is 2.09. The zero-order valence-electron chi connectivity index (χ0n) is 15.3. The second-order valence-electron chi connectivity index (χ2n) is 6.53. The molecule has 1 saturated carbocycles. The van der Waals surface area contributed by atoms with Crippen molar-refractivity contribution >= 4 is 34.6 Å². The summed E-state index contributed by atoms with van der Waals surface area (Å²) >= 11 is 11.6. The van der Waals surface area contributed by atoms with Crippen molar-refractivity contribution in [1.29, 1.82) is 0 Å². The average molecular weight is 415 g/mol. The first-order valence-corrected chi connectivity index (χ1v) is 9.71. The highest BCUT2D eigenvalue weighted by Crippen LogP contribution is 2.30. The highest BCUT2D eigenvalue weighted by molar-refractivity contribution is 7.80. The number of hydrogen-bond donors (Lipinski definition) is 1. The lowest BCUT2D eigenvalue weighted by atomic mass is 10.2. The van der Waals surface area contributed by atoms with Gasteiger partial charge in [0.05, 0.1) is 13.7 Å². The standard InChI is InChI=1S/C20H19ClN4O2S/c1-26-17-4-2-3-15(11-17)22-20(28)25(16-9-10-16)12-18-23-24-19(27-18)13-5-7-14(21)8-6-13/h2-8,11,16H,9-10,12H2,1H3,(H,22,28). The minimum Gasteiger partial charge on any atom is -0.497 e. The fraction of sp³-hybridized carbons (Fsp3) is 0.250. The maximum Gasteiger partial charge on any atom is 0.247 e. The molecule has 0 spiro atoms. The van der Waals surface area contributed by atoms with Gasteiger partial charge in [-0.2, -0.15) is 0 Å². The Hall–Kier alpha value is -2.64. The Balaban J connectivity index is 1.46. The molecule has 0 saturated heterocycles. The Morgan fingerprint density at radius 2 is 2.04 bits per heavy atom. The molecule has 144 valence electrons. The van der Waals surface area contributed by atoms with Crippen LogP contribution in [0.1, 0.15) is 18.7 Å². The first-order valence-electron chi connectivity index (χ1n) is 8.92. The summed E-state index contributed by atoms with van der Waals surface area (Å²) in [5.41, 5.74) is 1.71. The molecular formula is C20H19ClN4O2S. The first kappa shape index (κ1) is 18.7. The molecule has 1 aliphatic carbocycles. The third-order valence-corrected chi connectivity index (χ3v) is 5.02. The Bertz CT molecular complexity index is 972. The van der Waals surface area contributed by atoms with Crippen molar-refractivity contribution in [2.75, 3.05) is 12.4 Å². The molecule has 8 heteroatoms. The zero-order valence-corrected chi connectivity index (χ0v) is 16.8. The van der Waals surface area contributed by atoms with Gasteiger partial charge in [0.1, 0.15) is 5.75 Å². The molecular weight excluding hydrogens is 396 g/mol. The minimum atomic E-state index is 0.386. The van der Waals surface area contributed by atoms with Crippen molar-refractivity contribution < 1.29 is 9.15 Å². The summed E-state index contributed by atoms with van der Waals surface area (Å²) in [5.74, 6) is 1.76. The number of ether oxygens (including phenoxy) is 1. The number of rotatable bonds is 6. The fourth-order valence-corrected chi connectivity index (χ4v) is 3.28. The predicted molar refractivity (Wildman–Crippen MR) is 113 cm³/mol. The molecule has 3 aromatic rings. The summed E-state index contributed by atoms with van der Waals surface area (Å²) < 4.78 is 11.1. The van der Waals surface area contributed by atoms with Gasteiger partial charge < -0.3 is 19.4 Å². The van der Waals surface area contributed by atoms with Crippen LogP contribution in [-0.4, -0.2) is 33.4 Å². The van der Waals surface area contributed by atoms with Gasteiger partial charge in [0.25, 0.3) is 0 Å². The molecule has 1 N–H and O–H groups in total. The predicted octanol–water partition coefficient (Wildman–Crippen LogP) is 4.76. The molecule has 0 unspecified atom stereocenters. The lowest BCUT2D eigenvalue weighted by Gasteiger charge is -2.24. The van der Waals surface area contributed by atoms with E-state index in [0.717, 1.165) is 29.8 Å². The number of nitrogens with zero attached hydrogens (tertiary/aromatic N) is 3. The van der Waals surface area contributed by atoms with Crippen LogP contribution in [-0.2, 0) is 6.54 Å². The van der Waals surface area contributed by atoms with E-state index in [-0.39, 0.29) is 0 Å². The van der Waals surface area contributed by atoms with Crippen LogP contribution in [0.2, 0.25) is 5.02 Å². The summed E-state index contributed by atoms with van der Waals surface area (Å²) in [7, 11) is 1.64. The molecule has 6 nitrogen and oxygen atoms in total. The Morgan fingerprint density at radius 3 is 2.75 bits per heavy atom. The summed E-state index contributed by atoms with van der Waals surface area (Å²) in [6.07, 6.45) is 2.19. The molecule has 2 aromatic carbocycles. The van der Waals surface area contributed by atoms with Crippen LogP contribution in [0.5, 0.6) is 5.75 Å². The van der Waals surface area contributed by atoms with Gasteiger partial charge in [-0.1, -0.05) is 17.7 Å². The topological polar surface area (TPSA) is 63.4 Å². The second-order valence-corrected chi connectivity index (χ2v) is 7.35. The van der Waals surface area contributed by atoms with E-state index in [1.807, 2.05) is 36.4 Å². The molecule has 1 aliphatic rings. The van der Waals surface area contributed by atoms with Crippen molar-refractivity contribution in [2.24, 2.45) is 0 Å². The first-order chi connectivity index (χ1) is 13.6. The third kappa shape index (κ3) is 4.43. The van der Waals surface area contributed by atoms with Crippen molar-refractivity contribution in [3.63, 3.8) is 0 Å². The van der Waals surface area contributed by atoms with E-state index >= 15 is 0 Å². The Kier molecular flexibility index (Phi) is 5.45. The maximum absolute atomic E-state index is 5.93. The molecule has 1 aromatic heterocycles.